The molecule has 1 aromatic rings. The van der Waals surface area contributed by atoms with Crippen molar-refractivity contribution in [1.82, 2.24) is 14.7 Å². The normalized spacial score (nSPS) is 22.4. The molecule has 2 heterocycles. The maximum Gasteiger partial charge on any atom is 0.321 e. The van der Waals surface area contributed by atoms with Gasteiger partial charge < -0.3 is 19.4 Å². The lowest BCUT2D eigenvalue weighted by Crippen LogP contribution is -2.61. The van der Waals surface area contributed by atoms with Crippen LogP contribution in [-0.4, -0.2) is 72.1 Å². The first-order chi connectivity index (χ1) is 13.3. The summed E-state index contributed by atoms with van der Waals surface area (Å²) in [5.41, 5.74) is 0.262. The molecule has 0 unspecified atom stereocenters. The van der Waals surface area contributed by atoms with Crippen molar-refractivity contribution in [3.05, 3.63) is 35.4 Å². The van der Waals surface area contributed by atoms with E-state index in [-0.39, 0.29) is 36.0 Å². The number of halogens is 2. The van der Waals surface area contributed by atoms with Crippen molar-refractivity contribution in [1.29, 1.82) is 0 Å². The summed E-state index contributed by atoms with van der Waals surface area (Å²) >= 11 is 0. The predicted molar refractivity (Wildman–Crippen MR) is 99.5 cm³/mol. The van der Waals surface area contributed by atoms with Gasteiger partial charge in [-0.1, -0.05) is 19.9 Å². The van der Waals surface area contributed by atoms with E-state index in [1.807, 2.05) is 13.8 Å². The van der Waals surface area contributed by atoms with Crippen LogP contribution in [-0.2, 0) is 16.1 Å². The molecule has 3 rings (SSSR count). The van der Waals surface area contributed by atoms with Gasteiger partial charge in [-0.2, -0.15) is 0 Å². The number of ether oxygens (including phenoxy) is 1. The molecule has 0 bridgehead atoms. The van der Waals surface area contributed by atoms with Gasteiger partial charge >= 0.3 is 6.03 Å². The van der Waals surface area contributed by atoms with Gasteiger partial charge in [0.25, 0.3) is 0 Å². The molecule has 2 aliphatic rings. The molecule has 0 spiro atoms. The standard InChI is InChI=1S/C20H27F2N3O3/c1-13(2)8-18-19(26)23(6-7-28-3)11-16-12-24(20(27)25(16)18)10-14-4-5-15(21)9-17(14)22/h4-5,9,13,16,18H,6-8,10-12H2,1-3H3/t16-,18-/m0/s1. The quantitative estimate of drug-likeness (QED) is 0.713. The number of hydrogen-bond donors (Lipinski definition) is 0. The Kier molecular flexibility index (Phi) is 6.17. The Morgan fingerprint density at radius 1 is 1.18 bits per heavy atom. The Bertz CT molecular complexity index is 743. The van der Waals surface area contributed by atoms with Gasteiger partial charge in [-0.25, -0.2) is 13.6 Å². The van der Waals surface area contributed by atoms with Gasteiger partial charge in [0.05, 0.1) is 19.2 Å². The molecule has 8 heteroatoms. The van der Waals surface area contributed by atoms with Crippen LogP contribution in [0.15, 0.2) is 18.2 Å². The number of carbonyl (C=O) groups is 2. The van der Waals surface area contributed by atoms with Crippen LogP contribution in [0.3, 0.4) is 0 Å². The van der Waals surface area contributed by atoms with E-state index >= 15 is 0 Å². The number of methoxy groups -OCH3 is 1. The van der Waals surface area contributed by atoms with Crippen molar-refractivity contribution in [2.24, 2.45) is 5.92 Å². The minimum absolute atomic E-state index is 0.0542. The van der Waals surface area contributed by atoms with E-state index in [9.17, 15) is 18.4 Å². The highest BCUT2D eigenvalue weighted by Crippen LogP contribution is 2.30. The van der Waals surface area contributed by atoms with E-state index < -0.39 is 17.7 Å². The molecule has 0 radical (unpaired) electrons. The van der Waals surface area contributed by atoms with Crippen molar-refractivity contribution in [2.45, 2.75) is 38.9 Å². The van der Waals surface area contributed by atoms with Crippen LogP contribution in [0.25, 0.3) is 0 Å². The van der Waals surface area contributed by atoms with Crippen molar-refractivity contribution in [3.63, 3.8) is 0 Å². The van der Waals surface area contributed by atoms with E-state index in [2.05, 4.69) is 0 Å². The van der Waals surface area contributed by atoms with E-state index in [1.54, 1.807) is 21.8 Å². The Morgan fingerprint density at radius 2 is 1.89 bits per heavy atom. The minimum Gasteiger partial charge on any atom is -0.383 e. The van der Waals surface area contributed by atoms with Gasteiger partial charge in [-0.15, -0.1) is 0 Å². The maximum atomic E-state index is 14.0. The van der Waals surface area contributed by atoms with Crippen molar-refractivity contribution in [3.8, 4) is 0 Å². The van der Waals surface area contributed by atoms with Gasteiger partial charge in [0.15, 0.2) is 0 Å². The molecular weight excluding hydrogens is 368 g/mol. The average molecular weight is 395 g/mol. The molecule has 6 nitrogen and oxygen atoms in total. The number of hydrogen-bond acceptors (Lipinski definition) is 3. The summed E-state index contributed by atoms with van der Waals surface area (Å²) < 4.78 is 32.3. The van der Waals surface area contributed by atoms with E-state index in [0.29, 0.717) is 32.7 Å². The lowest BCUT2D eigenvalue weighted by Gasteiger charge is -2.42. The molecule has 2 aliphatic heterocycles. The van der Waals surface area contributed by atoms with Crippen LogP contribution in [0.5, 0.6) is 0 Å². The van der Waals surface area contributed by atoms with Crippen molar-refractivity contribution >= 4 is 11.9 Å². The zero-order valence-corrected chi connectivity index (χ0v) is 16.5. The first-order valence-electron chi connectivity index (χ1n) is 9.60. The van der Waals surface area contributed by atoms with Crippen LogP contribution < -0.4 is 0 Å². The largest absolute Gasteiger partial charge is 0.383 e. The van der Waals surface area contributed by atoms with Gasteiger partial charge in [0.2, 0.25) is 5.91 Å². The molecule has 0 saturated carbocycles. The number of urea groups is 1. The Balaban J connectivity index is 1.81. The third-order valence-corrected chi connectivity index (χ3v) is 5.32. The summed E-state index contributed by atoms with van der Waals surface area (Å²) in [5.74, 6) is -1.14. The fourth-order valence-corrected chi connectivity index (χ4v) is 4.00. The van der Waals surface area contributed by atoms with Crippen LogP contribution in [0.1, 0.15) is 25.8 Å². The smallest absolute Gasteiger partial charge is 0.321 e. The van der Waals surface area contributed by atoms with Crippen molar-refractivity contribution < 1.29 is 23.1 Å². The second kappa shape index (κ2) is 8.43. The summed E-state index contributed by atoms with van der Waals surface area (Å²) in [6.07, 6.45) is 0.573. The predicted octanol–water partition coefficient (Wildman–Crippen LogP) is 2.47. The molecule has 0 aliphatic carbocycles. The van der Waals surface area contributed by atoms with E-state index in [4.69, 9.17) is 4.74 Å². The fraction of sp³-hybridized carbons (Fsp3) is 0.600. The minimum atomic E-state index is -0.672. The second-order valence-corrected chi connectivity index (χ2v) is 7.88. The first kappa shape index (κ1) is 20.5. The summed E-state index contributed by atoms with van der Waals surface area (Å²) in [7, 11) is 1.59. The average Bonchev–Trinajstić information content (AvgIpc) is 2.93. The van der Waals surface area contributed by atoms with Crippen LogP contribution in [0.4, 0.5) is 13.6 Å². The van der Waals surface area contributed by atoms with Crippen LogP contribution in [0, 0.1) is 17.6 Å². The van der Waals surface area contributed by atoms with Gasteiger partial charge in [-0.05, 0) is 18.4 Å². The molecule has 154 valence electrons. The molecule has 2 saturated heterocycles. The van der Waals surface area contributed by atoms with Crippen LogP contribution >= 0.6 is 0 Å². The second-order valence-electron chi connectivity index (χ2n) is 7.88. The fourth-order valence-electron chi connectivity index (χ4n) is 4.00. The molecular formula is C20H27F2N3O3. The van der Waals surface area contributed by atoms with Gasteiger partial charge in [0.1, 0.15) is 17.7 Å². The van der Waals surface area contributed by atoms with E-state index in [0.717, 1.165) is 6.07 Å². The molecule has 0 aromatic heterocycles. The van der Waals surface area contributed by atoms with Gasteiger partial charge in [-0.3, -0.25) is 4.79 Å². The van der Waals surface area contributed by atoms with Crippen molar-refractivity contribution in [2.75, 3.05) is 33.4 Å². The Labute approximate surface area is 164 Å². The SMILES string of the molecule is COCCN1C[C@H]2CN(Cc3ccc(F)cc3F)C(=O)N2[C@@H](CC(C)C)C1=O. The third kappa shape index (κ3) is 4.11. The summed E-state index contributed by atoms with van der Waals surface area (Å²) in [6.45, 7) is 5.84. The molecule has 0 N–H and O–H groups in total. The molecule has 28 heavy (non-hydrogen) atoms. The highest BCUT2D eigenvalue weighted by Gasteiger charge is 2.49. The zero-order valence-electron chi connectivity index (χ0n) is 16.5. The number of piperazine rings is 1. The summed E-state index contributed by atoms with van der Waals surface area (Å²) in [5, 5.41) is 0. The number of fused-ring (bicyclic) bond motifs is 1. The Hall–Kier alpha value is -2.22. The number of nitrogens with zero attached hydrogens (tertiary/aromatic N) is 3. The highest BCUT2D eigenvalue weighted by atomic mass is 19.1. The monoisotopic (exact) mass is 395 g/mol. The first-order valence-corrected chi connectivity index (χ1v) is 9.60. The number of rotatable bonds is 7. The lowest BCUT2D eigenvalue weighted by molar-refractivity contribution is -0.143. The molecule has 2 fully saturated rings. The van der Waals surface area contributed by atoms with E-state index in [1.165, 1.54) is 12.1 Å². The number of amides is 3. The topological polar surface area (TPSA) is 53.1 Å². The summed E-state index contributed by atoms with van der Waals surface area (Å²) in [4.78, 5) is 31.0. The highest BCUT2D eigenvalue weighted by molar-refractivity contribution is 5.90. The molecule has 2 atom stereocenters. The number of carbonyl (C=O) groups excluding carboxylic acids is 2. The Morgan fingerprint density at radius 3 is 2.54 bits per heavy atom. The third-order valence-electron chi connectivity index (χ3n) is 5.32. The molecule has 1 aromatic carbocycles. The maximum absolute atomic E-state index is 14.0. The van der Waals surface area contributed by atoms with Crippen LogP contribution in [0.2, 0.25) is 0 Å². The molecule has 3 amide bonds. The van der Waals surface area contributed by atoms with Gasteiger partial charge in [0, 0.05) is 38.4 Å². The number of benzene rings is 1. The zero-order chi connectivity index (χ0) is 20.4. The summed E-state index contributed by atoms with van der Waals surface area (Å²) in [6, 6.07) is 2.43. The lowest BCUT2D eigenvalue weighted by atomic mass is 9.97.